The molecule has 0 radical (unpaired) electrons. The summed E-state index contributed by atoms with van der Waals surface area (Å²) in [7, 11) is 0. The first-order chi connectivity index (χ1) is 7.16. The molecule has 5 nitrogen and oxygen atoms in total. The van der Waals surface area contributed by atoms with Gasteiger partial charge in [-0.3, -0.25) is 4.79 Å². The number of aromatic nitrogens is 1. The second-order valence-corrected chi connectivity index (χ2v) is 3.24. The lowest BCUT2D eigenvalue weighted by atomic mass is 10.1. The van der Waals surface area contributed by atoms with Crippen molar-refractivity contribution in [3.8, 4) is 0 Å². The third-order valence-corrected chi connectivity index (χ3v) is 2.10. The molecule has 5 heteroatoms. The summed E-state index contributed by atoms with van der Waals surface area (Å²) in [5.41, 5.74) is 7.60. The van der Waals surface area contributed by atoms with E-state index >= 15 is 0 Å². The molecule has 0 saturated heterocycles. The third kappa shape index (κ3) is 1.97. The van der Waals surface area contributed by atoms with Crippen LogP contribution >= 0.6 is 0 Å². The van der Waals surface area contributed by atoms with Crippen LogP contribution in [-0.4, -0.2) is 16.1 Å². The molecule has 0 bridgehead atoms. The Morgan fingerprint density at radius 2 is 2.33 bits per heavy atom. The molecular formula is C10H10N2O3. The molecule has 1 atom stereocenters. The summed E-state index contributed by atoms with van der Waals surface area (Å²) in [5, 5.41) is 8.59. The van der Waals surface area contributed by atoms with Gasteiger partial charge in [0.25, 0.3) is 0 Å². The van der Waals surface area contributed by atoms with Crippen molar-refractivity contribution < 1.29 is 14.3 Å². The van der Waals surface area contributed by atoms with E-state index in [0.29, 0.717) is 16.8 Å². The van der Waals surface area contributed by atoms with E-state index in [1.165, 1.54) is 6.26 Å². The maximum absolute atomic E-state index is 10.5. The Morgan fingerprint density at radius 1 is 1.53 bits per heavy atom. The van der Waals surface area contributed by atoms with Crippen molar-refractivity contribution in [3.05, 3.63) is 30.2 Å². The van der Waals surface area contributed by atoms with Crippen LogP contribution < -0.4 is 5.73 Å². The first-order valence-corrected chi connectivity index (χ1v) is 4.48. The highest BCUT2D eigenvalue weighted by Gasteiger charge is 2.12. The van der Waals surface area contributed by atoms with Gasteiger partial charge in [-0.1, -0.05) is 0 Å². The molecule has 1 unspecified atom stereocenters. The van der Waals surface area contributed by atoms with E-state index in [4.69, 9.17) is 15.3 Å². The van der Waals surface area contributed by atoms with E-state index in [9.17, 15) is 4.79 Å². The van der Waals surface area contributed by atoms with E-state index in [-0.39, 0.29) is 6.42 Å². The summed E-state index contributed by atoms with van der Waals surface area (Å²) in [6.07, 6.45) is 1.40. The molecule has 0 aliphatic carbocycles. The van der Waals surface area contributed by atoms with Gasteiger partial charge in [-0.2, -0.15) is 0 Å². The van der Waals surface area contributed by atoms with Gasteiger partial charge < -0.3 is 15.3 Å². The molecule has 2 heterocycles. The van der Waals surface area contributed by atoms with Gasteiger partial charge in [-0.05, 0) is 12.1 Å². The lowest BCUT2D eigenvalue weighted by Crippen LogP contribution is -2.16. The van der Waals surface area contributed by atoms with E-state index in [1.807, 2.05) is 0 Å². The summed E-state index contributed by atoms with van der Waals surface area (Å²) >= 11 is 0. The number of carbonyl (C=O) groups is 1. The van der Waals surface area contributed by atoms with Crippen LogP contribution in [0.5, 0.6) is 0 Å². The van der Waals surface area contributed by atoms with Gasteiger partial charge in [0.05, 0.1) is 24.4 Å². The molecule has 2 rings (SSSR count). The number of nitrogens with two attached hydrogens (primary N) is 1. The van der Waals surface area contributed by atoms with Gasteiger partial charge >= 0.3 is 5.97 Å². The fourth-order valence-corrected chi connectivity index (χ4v) is 1.37. The Labute approximate surface area is 85.5 Å². The molecule has 0 fully saturated rings. The van der Waals surface area contributed by atoms with Crippen LogP contribution in [0.1, 0.15) is 18.2 Å². The predicted octanol–water partition coefficient (Wildman–Crippen LogP) is 1.30. The van der Waals surface area contributed by atoms with Gasteiger partial charge in [0.15, 0.2) is 5.58 Å². The Morgan fingerprint density at radius 3 is 3.07 bits per heavy atom. The topological polar surface area (TPSA) is 89.4 Å². The van der Waals surface area contributed by atoms with Crippen molar-refractivity contribution in [2.45, 2.75) is 12.5 Å². The predicted molar refractivity (Wildman–Crippen MR) is 53.2 cm³/mol. The summed E-state index contributed by atoms with van der Waals surface area (Å²) in [6, 6.07) is 4.55. The first kappa shape index (κ1) is 9.67. The van der Waals surface area contributed by atoms with Crippen LogP contribution in [0.4, 0.5) is 0 Å². The van der Waals surface area contributed by atoms with Crippen LogP contribution in [0.25, 0.3) is 11.1 Å². The molecule has 0 amide bonds. The third-order valence-electron chi connectivity index (χ3n) is 2.10. The Bertz CT molecular complexity index is 492. The largest absolute Gasteiger partial charge is 0.481 e. The standard InChI is InChI=1S/C10H10N2O3/c11-6(5-10(13)14)7-1-2-9-8(12-7)3-4-15-9/h1-4,6H,5,11H2,(H,13,14). The Hall–Kier alpha value is -1.88. The number of aliphatic carboxylic acids is 1. The van der Waals surface area contributed by atoms with Crippen molar-refractivity contribution in [2.75, 3.05) is 0 Å². The minimum atomic E-state index is -0.934. The van der Waals surface area contributed by atoms with E-state index in [0.717, 1.165) is 0 Å². The number of carboxylic acid groups (broad SMARTS) is 1. The van der Waals surface area contributed by atoms with Crippen molar-refractivity contribution in [3.63, 3.8) is 0 Å². The zero-order valence-corrected chi connectivity index (χ0v) is 7.88. The van der Waals surface area contributed by atoms with Gasteiger partial charge in [-0.25, -0.2) is 4.98 Å². The number of pyridine rings is 1. The van der Waals surface area contributed by atoms with Crippen molar-refractivity contribution in [1.29, 1.82) is 0 Å². The van der Waals surface area contributed by atoms with Crippen LogP contribution in [0, 0.1) is 0 Å². The molecule has 3 N–H and O–H groups in total. The van der Waals surface area contributed by atoms with Crippen LogP contribution in [-0.2, 0) is 4.79 Å². The van der Waals surface area contributed by atoms with Gasteiger partial charge in [0, 0.05) is 6.07 Å². The summed E-state index contributed by atoms with van der Waals surface area (Å²) in [6.45, 7) is 0. The molecule has 0 aliphatic rings. The molecule has 0 saturated carbocycles. The van der Waals surface area contributed by atoms with Crippen LogP contribution in [0.15, 0.2) is 28.9 Å². The minimum Gasteiger partial charge on any atom is -0.481 e. The maximum Gasteiger partial charge on any atom is 0.305 e. The number of nitrogens with zero attached hydrogens (tertiary/aromatic N) is 1. The lowest BCUT2D eigenvalue weighted by Gasteiger charge is -2.07. The Kier molecular flexibility index (Phi) is 2.39. The SMILES string of the molecule is NC(CC(=O)O)c1ccc2occc2n1. The number of hydrogen-bond donors (Lipinski definition) is 2. The van der Waals surface area contributed by atoms with Crippen molar-refractivity contribution >= 4 is 17.1 Å². The van der Waals surface area contributed by atoms with Crippen molar-refractivity contribution in [1.82, 2.24) is 4.98 Å². The number of hydrogen-bond acceptors (Lipinski definition) is 4. The van der Waals surface area contributed by atoms with E-state index < -0.39 is 12.0 Å². The number of carboxylic acids is 1. The molecular weight excluding hydrogens is 196 g/mol. The highest BCUT2D eigenvalue weighted by Crippen LogP contribution is 2.17. The fraction of sp³-hybridized carbons (Fsp3) is 0.200. The maximum atomic E-state index is 10.5. The molecule has 0 aliphatic heterocycles. The quantitative estimate of drug-likeness (QED) is 0.790. The highest BCUT2D eigenvalue weighted by atomic mass is 16.4. The van der Waals surface area contributed by atoms with E-state index in [2.05, 4.69) is 4.98 Å². The summed E-state index contributed by atoms with van der Waals surface area (Å²) < 4.78 is 5.11. The number of fused-ring (bicyclic) bond motifs is 1. The second kappa shape index (κ2) is 3.70. The number of rotatable bonds is 3. The normalized spacial score (nSPS) is 12.9. The second-order valence-electron chi connectivity index (χ2n) is 3.24. The van der Waals surface area contributed by atoms with Gasteiger partial charge in [0.1, 0.15) is 5.52 Å². The molecule has 2 aromatic heterocycles. The molecule has 15 heavy (non-hydrogen) atoms. The zero-order chi connectivity index (χ0) is 10.8. The smallest absolute Gasteiger partial charge is 0.305 e. The molecule has 0 spiro atoms. The van der Waals surface area contributed by atoms with Crippen LogP contribution in [0.2, 0.25) is 0 Å². The lowest BCUT2D eigenvalue weighted by molar-refractivity contribution is -0.137. The zero-order valence-electron chi connectivity index (χ0n) is 7.88. The van der Waals surface area contributed by atoms with Gasteiger partial charge in [-0.15, -0.1) is 0 Å². The minimum absolute atomic E-state index is 0.129. The van der Waals surface area contributed by atoms with E-state index in [1.54, 1.807) is 18.2 Å². The monoisotopic (exact) mass is 206 g/mol. The Balaban J connectivity index is 2.30. The van der Waals surface area contributed by atoms with Gasteiger partial charge in [0.2, 0.25) is 0 Å². The molecule has 0 aromatic carbocycles. The van der Waals surface area contributed by atoms with Crippen molar-refractivity contribution in [2.24, 2.45) is 5.73 Å². The average molecular weight is 206 g/mol. The average Bonchev–Trinajstić information content (AvgIpc) is 2.62. The molecule has 78 valence electrons. The first-order valence-electron chi connectivity index (χ1n) is 4.48. The number of furan rings is 1. The summed E-state index contributed by atoms with van der Waals surface area (Å²) in [4.78, 5) is 14.7. The fourth-order valence-electron chi connectivity index (χ4n) is 1.37. The van der Waals surface area contributed by atoms with Crippen LogP contribution in [0.3, 0.4) is 0 Å². The highest BCUT2D eigenvalue weighted by molar-refractivity contribution is 5.72. The summed E-state index contributed by atoms with van der Waals surface area (Å²) in [5.74, 6) is -0.934. The molecule has 2 aromatic rings.